The van der Waals surface area contributed by atoms with Crippen molar-refractivity contribution in [3.63, 3.8) is 0 Å². The van der Waals surface area contributed by atoms with E-state index in [1.807, 2.05) is 0 Å². The number of hydrogen-bond donors (Lipinski definition) is 3. The summed E-state index contributed by atoms with van der Waals surface area (Å²) < 4.78 is 7.52. The van der Waals surface area contributed by atoms with E-state index in [1.165, 1.54) is 3.07 Å². The number of hydrogen-bond acceptors (Lipinski definition) is 7. The number of nitrogens with zero attached hydrogens (tertiary/aromatic N) is 2. The molecule has 1 aliphatic rings. The monoisotopic (exact) mass is 522 g/mol. The Labute approximate surface area is 154 Å². The van der Waals surface area contributed by atoms with Gasteiger partial charge in [0, 0.05) is 6.20 Å². The Bertz CT molecular complexity index is 711. The molecule has 3 rings (SSSR count). The molecule has 124 valence electrons. The third-order valence-electron chi connectivity index (χ3n) is 3.44. The number of ether oxygens (including phenoxy) is 1. The Morgan fingerprint density at radius 2 is 1.88 bits per heavy atom. The zero-order valence-corrected chi connectivity index (χ0v) is 18.2. The Balaban J connectivity index is 0.000000249. The Morgan fingerprint density at radius 1 is 1.21 bits per heavy atom. The summed E-state index contributed by atoms with van der Waals surface area (Å²) >= 11 is 0.810. The fraction of sp³-hybridized carbons (Fsp3) is 0.333. The van der Waals surface area contributed by atoms with Gasteiger partial charge in [-0.05, 0) is 11.9 Å². The molecule has 0 spiro atoms. The van der Waals surface area contributed by atoms with Crippen molar-refractivity contribution in [2.45, 2.75) is 24.5 Å². The van der Waals surface area contributed by atoms with Gasteiger partial charge in [-0.3, -0.25) is 4.57 Å². The molecule has 1 fully saturated rings. The molecule has 24 heavy (non-hydrogen) atoms. The van der Waals surface area contributed by atoms with Crippen LogP contribution in [0.5, 0.6) is 5.88 Å². The zero-order chi connectivity index (χ0) is 17.7. The summed E-state index contributed by atoms with van der Waals surface area (Å²) in [5.41, 5.74) is -0.882. The third-order valence-corrected chi connectivity index (χ3v) is 5.27. The Morgan fingerprint density at radius 3 is 2.33 bits per heavy atom. The van der Waals surface area contributed by atoms with Crippen LogP contribution in [0.25, 0.3) is 0 Å². The SMILES string of the molecule is O=c1nc([O-])ccn1C1OC(CO)C(O)C1O.[Hg+][c]1ccccc1. The number of benzene rings is 1. The summed E-state index contributed by atoms with van der Waals surface area (Å²) in [4.78, 5) is 14.5. The second kappa shape index (κ2) is 8.68. The summed E-state index contributed by atoms with van der Waals surface area (Å²) in [5.74, 6) is -0.696. The standard InChI is InChI=1S/C9H12N2O6.C6H5.Hg/c12-3-4-6(14)7(15)8(17-4)11-2-1-5(13)10-9(11)16;1-2-4-6-5-3-1;/h1-2,4,6-8,12,14-15H,3H2,(H,10,13,16);1-5H;/q;;+1/p-1. The van der Waals surface area contributed by atoms with E-state index in [1.54, 1.807) is 0 Å². The minimum absolute atomic E-state index is 0.490. The van der Waals surface area contributed by atoms with Crippen molar-refractivity contribution in [1.29, 1.82) is 0 Å². The van der Waals surface area contributed by atoms with Gasteiger partial charge in [0.2, 0.25) is 0 Å². The molecule has 1 aromatic heterocycles. The van der Waals surface area contributed by atoms with Crippen molar-refractivity contribution < 1.29 is 51.3 Å². The van der Waals surface area contributed by atoms with Crippen molar-refractivity contribution in [3.05, 3.63) is 53.1 Å². The molecule has 8 nitrogen and oxygen atoms in total. The van der Waals surface area contributed by atoms with Crippen LogP contribution in [-0.2, 0) is 30.9 Å². The van der Waals surface area contributed by atoms with E-state index in [0.717, 1.165) is 43.0 Å². The van der Waals surface area contributed by atoms with Crippen LogP contribution in [-0.4, -0.2) is 49.8 Å². The van der Waals surface area contributed by atoms with Crippen LogP contribution >= 0.6 is 0 Å². The van der Waals surface area contributed by atoms with E-state index in [0.29, 0.717) is 0 Å². The van der Waals surface area contributed by atoms with E-state index in [2.05, 4.69) is 35.3 Å². The summed E-state index contributed by atoms with van der Waals surface area (Å²) in [6, 6.07) is 11.6. The molecule has 0 saturated carbocycles. The van der Waals surface area contributed by atoms with Gasteiger partial charge in [-0.15, -0.1) is 0 Å². The summed E-state index contributed by atoms with van der Waals surface area (Å²) in [6.07, 6.45) is -3.69. The predicted octanol–water partition coefficient (Wildman–Crippen LogP) is -2.21. The predicted molar refractivity (Wildman–Crippen MR) is 77.0 cm³/mol. The molecule has 2 aromatic rings. The van der Waals surface area contributed by atoms with Crippen molar-refractivity contribution in [2.24, 2.45) is 0 Å². The van der Waals surface area contributed by atoms with Crippen molar-refractivity contribution in [2.75, 3.05) is 6.61 Å². The van der Waals surface area contributed by atoms with Gasteiger partial charge in [-0.1, -0.05) is 0 Å². The molecule has 0 amide bonds. The number of aromatic nitrogens is 2. The molecule has 0 aliphatic carbocycles. The summed E-state index contributed by atoms with van der Waals surface area (Å²) in [6.45, 7) is -0.490. The number of aliphatic hydroxyl groups excluding tert-OH is 3. The summed E-state index contributed by atoms with van der Waals surface area (Å²) in [5, 5.41) is 38.8. The van der Waals surface area contributed by atoms with Crippen LogP contribution in [0.1, 0.15) is 6.23 Å². The van der Waals surface area contributed by atoms with E-state index in [-0.39, 0.29) is 0 Å². The van der Waals surface area contributed by atoms with Crippen LogP contribution in [0.4, 0.5) is 0 Å². The molecule has 1 aromatic carbocycles. The fourth-order valence-corrected chi connectivity index (χ4v) is 3.24. The zero-order valence-electron chi connectivity index (χ0n) is 12.7. The molecular weight excluding hydrogens is 505 g/mol. The van der Waals surface area contributed by atoms with E-state index in [4.69, 9.17) is 9.84 Å². The van der Waals surface area contributed by atoms with Gasteiger partial charge in [0.15, 0.2) is 6.23 Å². The molecule has 1 aliphatic heterocycles. The first-order chi connectivity index (χ1) is 11.4. The molecule has 0 bridgehead atoms. The summed E-state index contributed by atoms with van der Waals surface area (Å²) in [7, 11) is 0. The van der Waals surface area contributed by atoms with Crippen molar-refractivity contribution >= 4 is 3.07 Å². The van der Waals surface area contributed by atoms with E-state index >= 15 is 0 Å². The molecular formula is C15H16HgN2O6. The quantitative estimate of drug-likeness (QED) is 0.383. The molecule has 4 unspecified atom stereocenters. The molecule has 4 atom stereocenters. The molecule has 2 heterocycles. The van der Waals surface area contributed by atoms with Crippen molar-refractivity contribution in [3.8, 4) is 5.88 Å². The van der Waals surface area contributed by atoms with Crippen LogP contribution in [0, 0.1) is 0 Å². The first-order valence-corrected chi connectivity index (χ1v) is 9.94. The topological polar surface area (TPSA) is 128 Å². The maximum atomic E-state index is 11.4. The molecule has 1 saturated heterocycles. The van der Waals surface area contributed by atoms with Crippen LogP contribution in [0.15, 0.2) is 47.4 Å². The Kier molecular flexibility index (Phi) is 6.87. The van der Waals surface area contributed by atoms with Gasteiger partial charge < -0.3 is 25.2 Å². The third kappa shape index (κ3) is 4.61. The average molecular weight is 521 g/mol. The number of rotatable bonds is 2. The van der Waals surface area contributed by atoms with Gasteiger partial charge >= 0.3 is 65.2 Å². The Hall–Kier alpha value is -1.32. The fourth-order valence-electron chi connectivity index (χ4n) is 2.18. The van der Waals surface area contributed by atoms with E-state index in [9.17, 15) is 20.1 Å². The van der Waals surface area contributed by atoms with E-state index < -0.39 is 42.7 Å². The second-order valence-corrected chi connectivity index (χ2v) is 8.34. The van der Waals surface area contributed by atoms with Gasteiger partial charge in [-0.2, -0.15) is 0 Å². The van der Waals surface area contributed by atoms with Gasteiger partial charge in [0.05, 0.1) is 6.61 Å². The first kappa shape index (κ1) is 19.0. The molecule has 9 heteroatoms. The normalized spacial score (nSPS) is 25.9. The van der Waals surface area contributed by atoms with Crippen LogP contribution < -0.4 is 13.9 Å². The van der Waals surface area contributed by atoms with Crippen LogP contribution in [0.3, 0.4) is 0 Å². The van der Waals surface area contributed by atoms with Crippen molar-refractivity contribution in [1.82, 2.24) is 9.55 Å². The average Bonchev–Trinajstić information content (AvgIpc) is 2.84. The van der Waals surface area contributed by atoms with Crippen LogP contribution in [0.2, 0.25) is 0 Å². The number of aliphatic hydroxyl groups is 3. The molecule has 3 N–H and O–H groups in total. The maximum absolute atomic E-state index is 11.4. The van der Waals surface area contributed by atoms with Gasteiger partial charge in [0.1, 0.15) is 18.3 Å². The van der Waals surface area contributed by atoms with Gasteiger partial charge in [-0.25, -0.2) is 9.78 Å². The second-order valence-electron chi connectivity index (χ2n) is 5.17. The first-order valence-electron chi connectivity index (χ1n) is 7.19. The molecule has 0 radical (unpaired) electrons. The minimum atomic E-state index is -1.37. The van der Waals surface area contributed by atoms with Gasteiger partial charge in [0.25, 0.3) is 0 Å².